The first-order valence-electron chi connectivity index (χ1n) is 4.60. The first-order valence-corrected chi connectivity index (χ1v) is 5.42. The molecule has 4 heteroatoms. The van der Waals surface area contributed by atoms with Crippen LogP contribution in [0.2, 0.25) is 0 Å². The zero-order valence-corrected chi connectivity index (χ0v) is 9.63. The highest BCUT2D eigenvalue weighted by atomic mass is 32.1. The molecule has 15 heavy (non-hydrogen) atoms. The third kappa shape index (κ3) is 3.02. The maximum atomic E-state index is 11.4. The number of esters is 1. The van der Waals surface area contributed by atoms with Crippen LogP contribution in [0, 0.1) is 6.92 Å². The van der Waals surface area contributed by atoms with E-state index in [1.165, 1.54) is 17.5 Å². The molecule has 0 atom stereocenters. The minimum Gasteiger partial charge on any atom is -0.462 e. The molecular weight excluding hydrogens is 210 g/mol. The maximum absolute atomic E-state index is 11.4. The number of rotatable bonds is 4. The van der Waals surface area contributed by atoms with Crippen molar-refractivity contribution in [3.05, 3.63) is 34.2 Å². The molecule has 0 unspecified atom stereocenters. The van der Waals surface area contributed by atoms with Gasteiger partial charge in [0.15, 0.2) is 0 Å². The second kappa shape index (κ2) is 5.46. The third-order valence-corrected chi connectivity index (χ3v) is 2.88. The smallest absolute Gasteiger partial charge is 0.348 e. The zero-order chi connectivity index (χ0) is 11.3. The lowest BCUT2D eigenvalue weighted by molar-refractivity contribution is 0.0532. The van der Waals surface area contributed by atoms with Crippen molar-refractivity contribution in [2.45, 2.75) is 13.8 Å². The molecule has 0 bridgehead atoms. The van der Waals surface area contributed by atoms with E-state index in [1.54, 1.807) is 13.1 Å². The number of aryl methyl sites for hydroxylation is 1. The van der Waals surface area contributed by atoms with Gasteiger partial charge >= 0.3 is 5.97 Å². The van der Waals surface area contributed by atoms with Gasteiger partial charge in [0.05, 0.1) is 6.61 Å². The Bertz CT molecular complexity index is 393. The second-order valence-corrected chi connectivity index (χ2v) is 3.92. The van der Waals surface area contributed by atoms with Crippen molar-refractivity contribution in [3.8, 4) is 0 Å². The van der Waals surface area contributed by atoms with Crippen LogP contribution in [0.15, 0.2) is 23.8 Å². The Morgan fingerprint density at radius 1 is 1.73 bits per heavy atom. The average molecular weight is 223 g/mol. The summed E-state index contributed by atoms with van der Waals surface area (Å²) < 4.78 is 4.91. The van der Waals surface area contributed by atoms with Crippen LogP contribution >= 0.6 is 11.3 Å². The Morgan fingerprint density at radius 2 is 2.47 bits per heavy atom. The summed E-state index contributed by atoms with van der Waals surface area (Å²) >= 11 is 1.38. The van der Waals surface area contributed by atoms with Crippen LogP contribution in [0.3, 0.4) is 0 Å². The van der Waals surface area contributed by atoms with Gasteiger partial charge in [-0.3, -0.25) is 4.99 Å². The minimum absolute atomic E-state index is 0.274. The molecule has 0 fully saturated rings. The zero-order valence-electron chi connectivity index (χ0n) is 8.82. The number of carbonyl (C=O) groups is 1. The van der Waals surface area contributed by atoms with E-state index in [-0.39, 0.29) is 5.97 Å². The molecule has 1 heterocycles. The minimum atomic E-state index is -0.274. The van der Waals surface area contributed by atoms with E-state index < -0.39 is 0 Å². The molecule has 0 spiro atoms. The summed E-state index contributed by atoms with van der Waals surface area (Å²) in [5, 5.41) is 0. The number of aliphatic imine (C=N–C) groups is 1. The lowest BCUT2D eigenvalue weighted by Gasteiger charge is -1.96. The van der Waals surface area contributed by atoms with Crippen molar-refractivity contribution in [1.82, 2.24) is 0 Å². The molecule has 0 saturated heterocycles. The molecule has 1 rings (SSSR count). The summed E-state index contributed by atoms with van der Waals surface area (Å²) in [7, 11) is 0. The van der Waals surface area contributed by atoms with Gasteiger partial charge in [-0.15, -0.1) is 11.3 Å². The standard InChI is InChI=1S/C11H13NO2S/c1-4-12-7-10-8(3)6-9(15-10)11(13)14-5-2/h4,6-7H,1,5H2,2-3H3. The molecule has 0 aromatic carbocycles. The number of carbonyl (C=O) groups excluding carboxylic acids is 1. The molecule has 0 radical (unpaired) electrons. The summed E-state index contributed by atoms with van der Waals surface area (Å²) in [5.74, 6) is -0.274. The van der Waals surface area contributed by atoms with E-state index in [1.807, 2.05) is 13.0 Å². The molecule has 80 valence electrons. The van der Waals surface area contributed by atoms with Gasteiger partial charge < -0.3 is 4.74 Å². The lowest BCUT2D eigenvalue weighted by Crippen LogP contribution is -2.01. The van der Waals surface area contributed by atoms with E-state index in [0.29, 0.717) is 11.5 Å². The predicted molar refractivity (Wildman–Crippen MR) is 62.8 cm³/mol. The van der Waals surface area contributed by atoms with Crippen molar-refractivity contribution in [2.75, 3.05) is 6.61 Å². The van der Waals surface area contributed by atoms with Crippen LogP contribution in [0.1, 0.15) is 27.0 Å². The second-order valence-electron chi connectivity index (χ2n) is 2.84. The highest BCUT2D eigenvalue weighted by Gasteiger charge is 2.11. The number of thiophene rings is 1. The molecular formula is C11H13NO2S. The molecule has 3 nitrogen and oxygen atoms in total. The van der Waals surface area contributed by atoms with Crippen LogP contribution in [-0.4, -0.2) is 18.8 Å². The van der Waals surface area contributed by atoms with Gasteiger partial charge in [-0.25, -0.2) is 4.79 Å². The fraction of sp³-hybridized carbons (Fsp3) is 0.273. The lowest BCUT2D eigenvalue weighted by atomic mass is 10.3. The van der Waals surface area contributed by atoms with Crippen LogP contribution in [0.5, 0.6) is 0 Å². The van der Waals surface area contributed by atoms with Crippen LogP contribution in [-0.2, 0) is 4.74 Å². The Hall–Kier alpha value is -1.42. The Labute approximate surface area is 93.1 Å². The maximum Gasteiger partial charge on any atom is 0.348 e. The normalized spacial score (nSPS) is 10.5. The largest absolute Gasteiger partial charge is 0.462 e. The number of ether oxygens (including phenoxy) is 1. The highest BCUT2D eigenvalue weighted by molar-refractivity contribution is 7.15. The summed E-state index contributed by atoms with van der Waals surface area (Å²) in [6, 6.07) is 1.81. The monoisotopic (exact) mass is 223 g/mol. The van der Waals surface area contributed by atoms with Crippen molar-refractivity contribution in [2.24, 2.45) is 4.99 Å². The summed E-state index contributed by atoms with van der Waals surface area (Å²) in [6.45, 7) is 7.61. The molecule has 0 aliphatic rings. The van der Waals surface area contributed by atoms with Crippen molar-refractivity contribution < 1.29 is 9.53 Å². The first kappa shape index (κ1) is 11.7. The van der Waals surface area contributed by atoms with Crippen molar-refractivity contribution in [3.63, 3.8) is 0 Å². The summed E-state index contributed by atoms with van der Waals surface area (Å²) in [4.78, 5) is 16.9. The van der Waals surface area contributed by atoms with Gasteiger partial charge in [-0.1, -0.05) is 6.58 Å². The van der Waals surface area contributed by atoms with Gasteiger partial charge in [-0.2, -0.15) is 0 Å². The van der Waals surface area contributed by atoms with Crippen LogP contribution in [0.4, 0.5) is 0 Å². The van der Waals surface area contributed by atoms with Gasteiger partial charge in [0.25, 0.3) is 0 Å². The molecule has 1 aromatic heterocycles. The molecule has 1 aromatic rings. The number of nitrogens with zero attached hydrogens (tertiary/aromatic N) is 1. The van der Waals surface area contributed by atoms with Crippen molar-refractivity contribution >= 4 is 23.5 Å². The number of hydrogen-bond acceptors (Lipinski definition) is 4. The molecule has 0 saturated carbocycles. The van der Waals surface area contributed by atoms with Gasteiger partial charge in [0, 0.05) is 17.3 Å². The quantitative estimate of drug-likeness (QED) is 0.581. The van der Waals surface area contributed by atoms with Crippen LogP contribution in [0.25, 0.3) is 0 Å². The Balaban J connectivity index is 2.89. The van der Waals surface area contributed by atoms with Gasteiger partial charge in [0.1, 0.15) is 4.88 Å². The molecule has 0 amide bonds. The molecule has 0 aliphatic carbocycles. The Morgan fingerprint density at radius 3 is 3.07 bits per heavy atom. The van der Waals surface area contributed by atoms with Gasteiger partial charge in [-0.05, 0) is 25.5 Å². The molecule has 0 aliphatic heterocycles. The predicted octanol–water partition coefficient (Wildman–Crippen LogP) is 2.80. The first-order chi connectivity index (χ1) is 7.19. The highest BCUT2D eigenvalue weighted by Crippen LogP contribution is 2.21. The summed E-state index contributed by atoms with van der Waals surface area (Å²) in [5.41, 5.74) is 1.02. The fourth-order valence-corrected chi connectivity index (χ4v) is 2.00. The topological polar surface area (TPSA) is 38.7 Å². The van der Waals surface area contributed by atoms with Crippen molar-refractivity contribution in [1.29, 1.82) is 0 Å². The van der Waals surface area contributed by atoms with E-state index in [2.05, 4.69) is 11.6 Å². The summed E-state index contributed by atoms with van der Waals surface area (Å²) in [6.07, 6.45) is 3.15. The molecule has 0 N–H and O–H groups in total. The Kier molecular flexibility index (Phi) is 4.24. The SMILES string of the molecule is C=CN=Cc1sc(C(=O)OCC)cc1C. The number of hydrogen-bond donors (Lipinski definition) is 0. The average Bonchev–Trinajstić information content (AvgIpc) is 2.57. The van der Waals surface area contributed by atoms with E-state index >= 15 is 0 Å². The van der Waals surface area contributed by atoms with E-state index in [0.717, 1.165) is 10.4 Å². The fourth-order valence-electron chi connectivity index (χ4n) is 1.05. The third-order valence-electron chi connectivity index (χ3n) is 1.73. The van der Waals surface area contributed by atoms with Gasteiger partial charge in [0.2, 0.25) is 0 Å². The van der Waals surface area contributed by atoms with Crippen LogP contribution < -0.4 is 0 Å². The van der Waals surface area contributed by atoms with E-state index in [9.17, 15) is 4.79 Å². The van der Waals surface area contributed by atoms with E-state index in [4.69, 9.17) is 4.74 Å².